The number of alkyl halides is 3. The minimum Gasteiger partial charge on any atom is -0.325 e. The van der Waals surface area contributed by atoms with Crippen LogP contribution in [0.3, 0.4) is 0 Å². The normalized spacial score (nSPS) is 21.5. The molecule has 1 unspecified atom stereocenters. The third-order valence-electron chi connectivity index (χ3n) is 1.77. The first-order valence-corrected chi connectivity index (χ1v) is 3.97. The molecule has 1 rings (SSSR count). The molecular formula is C8H7F3N2O2. The van der Waals surface area contributed by atoms with Crippen LogP contribution in [0.2, 0.25) is 0 Å². The van der Waals surface area contributed by atoms with Crippen molar-refractivity contribution in [3.05, 3.63) is 0 Å². The number of halogens is 3. The Balaban J connectivity index is 2.72. The summed E-state index contributed by atoms with van der Waals surface area (Å²) in [6, 6.07) is -2.09. The number of urea groups is 1. The predicted molar refractivity (Wildman–Crippen MR) is 43.5 cm³/mol. The number of carbonyl (C=O) groups is 2. The van der Waals surface area contributed by atoms with Crippen LogP contribution in [0, 0.1) is 12.3 Å². The van der Waals surface area contributed by atoms with Gasteiger partial charge in [-0.25, -0.2) is 4.79 Å². The lowest BCUT2D eigenvalue weighted by Gasteiger charge is -2.14. The van der Waals surface area contributed by atoms with Crippen molar-refractivity contribution < 1.29 is 22.8 Å². The summed E-state index contributed by atoms with van der Waals surface area (Å²) >= 11 is 0. The van der Waals surface area contributed by atoms with Crippen LogP contribution in [0.1, 0.15) is 6.42 Å². The summed E-state index contributed by atoms with van der Waals surface area (Å²) < 4.78 is 35.9. The first-order chi connectivity index (χ1) is 6.85. The molecular weight excluding hydrogens is 213 g/mol. The Morgan fingerprint density at radius 3 is 2.53 bits per heavy atom. The first kappa shape index (κ1) is 11.4. The van der Waals surface area contributed by atoms with Crippen LogP contribution >= 0.6 is 0 Å². The Labute approximate surface area is 83.4 Å². The van der Waals surface area contributed by atoms with Crippen LogP contribution < -0.4 is 5.32 Å². The molecule has 0 bridgehead atoms. The maximum absolute atomic E-state index is 12.0. The number of imide groups is 1. The molecule has 1 fully saturated rings. The summed E-state index contributed by atoms with van der Waals surface area (Å²) in [6.07, 6.45) is 0.183. The van der Waals surface area contributed by atoms with E-state index in [1.165, 1.54) is 0 Å². The van der Waals surface area contributed by atoms with E-state index in [9.17, 15) is 22.8 Å². The maximum atomic E-state index is 12.0. The number of carbonyl (C=O) groups excluding carboxylic acids is 2. The number of terminal acetylenes is 1. The lowest BCUT2D eigenvalue weighted by Crippen LogP contribution is -2.39. The van der Waals surface area contributed by atoms with E-state index in [1.54, 1.807) is 0 Å². The Morgan fingerprint density at radius 2 is 2.07 bits per heavy atom. The van der Waals surface area contributed by atoms with Crippen molar-refractivity contribution in [1.29, 1.82) is 0 Å². The molecule has 15 heavy (non-hydrogen) atoms. The van der Waals surface area contributed by atoms with Crippen LogP contribution in [-0.2, 0) is 4.79 Å². The van der Waals surface area contributed by atoms with E-state index < -0.39 is 30.7 Å². The molecule has 82 valence electrons. The minimum atomic E-state index is -4.60. The number of hydrogen-bond acceptors (Lipinski definition) is 2. The highest BCUT2D eigenvalue weighted by Crippen LogP contribution is 2.19. The van der Waals surface area contributed by atoms with Crippen LogP contribution in [-0.4, -0.2) is 35.6 Å². The third-order valence-corrected chi connectivity index (χ3v) is 1.77. The molecule has 4 nitrogen and oxygen atoms in total. The van der Waals surface area contributed by atoms with Gasteiger partial charge in [-0.3, -0.25) is 9.69 Å². The van der Waals surface area contributed by atoms with E-state index in [4.69, 9.17) is 6.42 Å². The lowest BCUT2D eigenvalue weighted by atomic mass is 10.2. The number of nitrogens with zero attached hydrogens (tertiary/aromatic N) is 1. The standard InChI is InChI=1S/C8H7F3N2O2/c1-2-3-5-6(14)13(7(15)12-5)4-8(9,10)11/h1,5H,3-4H2,(H,12,15). The SMILES string of the molecule is C#CCC1NC(=O)N(CC(F)(F)F)C1=O. The van der Waals surface area contributed by atoms with E-state index in [0.717, 1.165) is 0 Å². The largest absolute Gasteiger partial charge is 0.406 e. The van der Waals surface area contributed by atoms with Crippen molar-refractivity contribution in [2.75, 3.05) is 6.54 Å². The summed E-state index contributed by atoms with van der Waals surface area (Å²) in [6.45, 7) is -1.58. The van der Waals surface area contributed by atoms with E-state index in [2.05, 4.69) is 11.2 Å². The van der Waals surface area contributed by atoms with Crippen molar-refractivity contribution in [1.82, 2.24) is 10.2 Å². The van der Waals surface area contributed by atoms with Crippen molar-refractivity contribution in [3.63, 3.8) is 0 Å². The predicted octanol–water partition coefficient (Wildman–Crippen LogP) is 0.492. The quantitative estimate of drug-likeness (QED) is 0.544. The number of amides is 3. The summed E-state index contributed by atoms with van der Waals surface area (Å²) in [7, 11) is 0. The van der Waals surface area contributed by atoms with Crippen LogP contribution in [0.5, 0.6) is 0 Å². The zero-order chi connectivity index (χ0) is 11.6. The van der Waals surface area contributed by atoms with Gasteiger partial charge in [0.15, 0.2) is 0 Å². The van der Waals surface area contributed by atoms with Gasteiger partial charge in [0.1, 0.15) is 12.6 Å². The fourth-order valence-electron chi connectivity index (χ4n) is 1.16. The molecule has 1 aliphatic rings. The molecule has 0 aromatic rings. The second-order valence-electron chi connectivity index (χ2n) is 2.95. The third kappa shape index (κ3) is 2.62. The summed E-state index contributed by atoms with van der Waals surface area (Å²) in [4.78, 5) is 22.3. The van der Waals surface area contributed by atoms with Gasteiger partial charge in [-0.2, -0.15) is 13.2 Å². The van der Waals surface area contributed by atoms with E-state index in [-0.39, 0.29) is 11.3 Å². The molecule has 1 atom stereocenters. The highest BCUT2D eigenvalue weighted by molar-refractivity contribution is 6.04. The Bertz CT molecular complexity index is 332. The van der Waals surface area contributed by atoms with Gasteiger partial charge in [0, 0.05) is 6.42 Å². The van der Waals surface area contributed by atoms with Gasteiger partial charge in [-0.05, 0) is 0 Å². The van der Waals surface area contributed by atoms with E-state index >= 15 is 0 Å². The van der Waals surface area contributed by atoms with Gasteiger partial charge in [-0.1, -0.05) is 0 Å². The van der Waals surface area contributed by atoms with Gasteiger partial charge in [0.2, 0.25) is 0 Å². The Morgan fingerprint density at radius 1 is 1.47 bits per heavy atom. The van der Waals surface area contributed by atoms with Crippen molar-refractivity contribution in [2.24, 2.45) is 0 Å². The van der Waals surface area contributed by atoms with E-state index in [1.807, 2.05) is 0 Å². The molecule has 1 heterocycles. The zero-order valence-corrected chi connectivity index (χ0v) is 7.47. The zero-order valence-electron chi connectivity index (χ0n) is 7.47. The monoisotopic (exact) mass is 220 g/mol. The molecule has 0 aromatic carbocycles. The molecule has 1 aliphatic heterocycles. The van der Waals surface area contributed by atoms with Gasteiger partial charge in [-0.15, -0.1) is 12.3 Å². The average molecular weight is 220 g/mol. The Kier molecular flexibility index (Phi) is 2.88. The summed E-state index contributed by atoms with van der Waals surface area (Å²) in [5.41, 5.74) is 0. The summed E-state index contributed by atoms with van der Waals surface area (Å²) in [5.74, 6) is 1.17. The van der Waals surface area contributed by atoms with Crippen molar-refractivity contribution >= 4 is 11.9 Å². The molecule has 1 N–H and O–H groups in total. The fourth-order valence-corrected chi connectivity index (χ4v) is 1.16. The molecule has 0 spiro atoms. The van der Waals surface area contributed by atoms with Crippen molar-refractivity contribution in [3.8, 4) is 12.3 Å². The summed E-state index contributed by atoms with van der Waals surface area (Å²) in [5, 5.41) is 2.07. The van der Waals surface area contributed by atoms with Gasteiger partial charge in [0.25, 0.3) is 5.91 Å². The second-order valence-corrected chi connectivity index (χ2v) is 2.95. The number of nitrogens with one attached hydrogen (secondary N) is 1. The first-order valence-electron chi connectivity index (χ1n) is 3.97. The van der Waals surface area contributed by atoms with Crippen LogP contribution in [0.15, 0.2) is 0 Å². The molecule has 0 radical (unpaired) electrons. The average Bonchev–Trinajstić information content (AvgIpc) is 2.32. The fraction of sp³-hybridized carbons (Fsp3) is 0.500. The molecule has 0 saturated carbocycles. The molecule has 3 amide bonds. The topological polar surface area (TPSA) is 49.4 Å². The number of rotatable bonds is 2. The van der Waals surface area contributed by atoms with E-state index in [0.29, 0.717) is 0 Å². The minimum absolute atomic E-state index is 0.112. The second kappa shape index (κ2) is 3.81. The molecule has 1 saturated heterocycles. The Hall–Kier alpha value is -1.71. The van der Waals surface area contributed by atoms with Crippen molar-refractivity contribution in [2.45, 2.75) is 18.6 Å². The maximum Gasteiger partial charge on any atom is 0.406 e. The highest BCUT2D eigenvalue weighted by atomic mass is 19.4. The molecule has 7 heteroatoms. The molecule has 0 aliphatic carbocycles. The smallest absolute Gasteiger partial charge is 0.325 e. The van der Waals surface area contributed by atoms with Crippen LogP contribution in [0.4, 0.5) is 18.0 Å². The highest BCUT2D eigenvalue weighted by Gasteiger charge is 2.43. The van der Waals surface area contributed by atoms with Gasteiger partial charge in [0.05, 0.1) is 0 Å². The lowest BCUT2D eigenvalue weighted by molar-refractivity contribution is -0.153. The van der Waals surface area contributed by atoms with Gasteiger partial charge >= 0.3 is 12.2 Å². The number of hydrogen-bond donors (Lipinski definition) is 1. The van der Waals surface area contributed by atoms with Crippen LogP contribution in [0.25, 0.3) is 0 Å². The molecule has 0 aromatic heterocycles. The van der Waals surface area contributed by atoms with Gasteiger partial charge < -0.3 is 5.32 Å².